The zero-order valence-corrected chi connectivity index (χ0v) is 27.5. The van der Waals surface area contributed by atoms with Crippen LogP contribution in [0.5, 0.6) is 11.5 Å². The van der Waals surface area contributed by atoms with Crippen molar-refractivity contribution in [3.05, 3.63) is 176 Å². The largest absolute Gasteiger partial charge is 0.458 e. The predicted molar refractivity (Wildman–Crippen MR) is 212 cm³/mol. The van der Waals surface area contributed by atoms with E-state index in [2.05, 4.69) is 186 Å². The molecule has 0 atom stereocenters. The third-order valence-corrected chi connectivity index (χ3v) is 10.5. The van der Waals surface area contributed by atoms with Crippen LogP contribution < -0.4 is 30.9 Å². The Morgan fingerprint density at radius 2 is 1.16 bits per heavy atom. The fourth-order valence-corrected chi connectivity index (χ4v) is 8.27. The second-order valence-electron chi connectivity index (χ2n) is 13.3. The Hall–Kier alpha value is -6.72. The summed E-state index contributed by atoms with van der Waals surface area (Å²) in [5.41, 5.74) is 12.1. The maximum absolute atomic E-state index is 6.83. The van der Waals surface area contributed by atoms with Gasteiger partial charge in [0.2, 0.25) is 0 Å². The van der Waals surface area contributed by atoms with Crippen molar-refractivity contribution in [1.29, 1.82) is 0 Å². The third-order valence-electron chi connectivity index (χ3n) is 10.5. The molecule has 0 bridgehead atoms. The van der Waals surface area contributed by atoms with Crippen LogP contribution in [-0.2, 0) is 0 Å². The highest BCUT2D eigenvalue weighted by Crippen LogP contribution is 2.43. The van der Waals surface area contributed by atoms with Gasteiger partial charge in [-0.05, 0) is 113 Å². The molecule has 8 aromatic carbocycles. The van der Waals surface area contributed by atoms with Crippen LogP contribution in [0.3, 0.4) is 0 Å². The molecule has 0 fully saturated rings. The molecule has 0 amide bonds. The van der Waals surface area contributed by atoms with Gasteiger partial charge in [0, 0.05) is 50.3 Å². The van der Waals surface area contributed by atoms with Gasteiger partial charge < -0.3 is 19.0 Å². The average molecular weight is 653 g/mol. The number of para-hydroxylation sites is 4. The molecular formula is C46H29BN2O2. The minimum atomic E-state index is 0.00924. The van der Waals surface area contributed by atoms with Gasteiger partial charge in [-0.15, -0.1) is 0 Å². The number of benzene rings is 8. The SMILES string of the molecule is c1ccc(N(c2ccccc2)c2ccc3c(ccc4c5cc6c(cc5oc34)B3c4ccccc4N(c4ccccc4)c4cccc(c43)O6)c2)cc1. The molecule has 3 heterocycles. The van der Waals surface area contributed by atoms with E-state index in [1.807, 2.05) is 0 Å². The summed E-state index contributed by atoms with van der Waals surface area (Å²) in [4.78, 5) is 4.65. The Labute approximate surface area is 295 Å². The summed E-state index contributed by atoms with van der Waals surface area (Å²) in [7, 11) is 0. The molecular weight excluding hydrogens is 623 g/mol. The van der Waals surface area contributed by atoms with Crippen LogP contribution in [0.1, 0.15) is 0 Å². The first-order chi connectivity index (χ1) is 25.3. The van der Waals surface area contributed by atoms with Crippen molar-refractivity contribution in [2.24, 2.45) is 0 Å². The number of furan rings is 1. The van der Waals surface area contributed by atoms with Crippen LogP contribution in [-0.4, -0.2) is 6.71 Å². The molecule has 0 radical (unpaired) electrons. The highest BCUT2D eigenvalue weighted by molar-refractivity contribution is 6.99. The van der Waals surface area contributed by atoms with Gasteiger partial charge >= 0.3 is 0 Å². The molecule has 1 aromatic heterocycles. The highest BCUT2D eigenvalue weighted by Gasteiger charge is 2.42. The van der Waals surface area contributed by atoms with E-state index in [1.165, 1.54) is 16.6 Å². The Balaban J connectivity index is 1.07. The Morgan fingerprint density at radius 3 is 1.94 bits per heavy atom. The number of rotatable bonds is 4. The fraction of sp³-hybridized carbons (Fsp3) is 0. The number of anilines is 6. The smallest absolute Gasteiger partial charge is 0.256 e. The molecule has 0 unspecified atom stereocenters. The molecule has 51 heavy (non-hydrogen) atoms. The molecule has 238 valence electrons. The Kier molecular flexibility index (Phi) is 6.01. The molecule has 5 heteroatoms. The molecule has 0 N–H and O–H groups in total. The van der Waals surface area contributed by atoms with Gasteiger partial charge in [-0.25, -0.2) is 0 Å². The molecule has 0 saturated heterocycles. The maximum Gasteiger partial charge on any atom is 0.256 e. The molecule has 11 rings (SSSR count). The number of ether oxygens (including phenoxy) is 1. The van der Waals surface area contributed by atoms with Gasteiger partial charge in [-0.3, -0.25) is 0 Å². The van der Waals surface area contributed by atoms with Crippen molar-refractivity contribution in [3.63, 3.8) is 0 Å². The lowest BCUT2D eigenvalue weighted by molar-refractivity contribution is 0.488. The number of nitrogens with zero attached hydrogens (tertiary/aromatic N) is 2. The lowest BCUT2D eigenvalue weighted by Crippen LogP contribution is -2.59. The predicted octanol–water partition coefficient (Wildman–Crippen LogP) is 10.6. The third kappa shape index (κ3) is 4.22. The lowest BCUT2D eigenvalue weighted by Gasteiger charge is -2.39. The molecule has 0 saturated carbocycles. The summed E-state index contributed by atoms with van der Waals surface area (Å²) in [5, 5.41) is 4.34. The van der Waals surface area contributed by atoms with Crippen LogP contribution >= 0.6 is 0 Å². The zero-order valence-electron chi connectivity index (χ0n) is 27.5. The van der Waals surface area contributed by atoms with E-state index in [0.29, 0.717) is 0 Å². The van der Waals surface area contributed by atoms with Crippen molar-refractivity contribution in [1.82, 2.24) is 0 Å². The van der Waals surface area contributed by atoms with Crippen molar-refractivity contribution >= 4 is 89.9 Å². The first-order valence-corrected chi connectivity index (χ1v) is 17.4. The highest BCUT2D eigenvalue weighted by atomic mass is 16.5. The van der Waals surface area contributed by atoms with Gasteiger partial charge in [-0.1, -0.05) is 84.9 Å². The van der Waals surface area contributed by atoms with E-state index >= 15 is 0 Å². The molecule has 4 nitrogen and oxygen atoms in total. The summed E-state index contributed by atoms with van der Waals surface area (Å²) in [5.74, 6) is 1.77. The first kappa shape index (κ1) is 28.2. The van der Waals surface area contributed by atoms with Crippen molar-refractivity contribution in [2.75, 3.05) is 9.80 Å². The van der Waals surface area contributed by atoms with Crippen LogP contribution in [0.25, 0.3) is 32.7 Å². The minimum Gasteiger partial charge on any atom is -0.458 e. The fourth-order valence-electron chi connectivity index (χ4n) is 8.27. The molecule has 2 aliphatic rings. The Bertz CT molecular complexity index is 2760. The minimum absolute atomic E-state index is 0.00924. The molecule has 0 aliphatic carbocycles. The van der Waals surface area contributed by atoms with Gasteiger partial charge in [0.1, 0.15) is 22.7 Å². The van der Waals surface area contributed by atoms with Crippen LogP contribution in [0, 0.1) is 0 Å². The lowest BCUT2D eigenvalue weighted by atomic mass is 9.34. The molecule has 2 aliphatic heterocycles. The monoisotopic (exact) mass is 652 g/mol. The second kappa shape index (κ2) is 10.9. The van der Waals surface area contributed by atoms with Crippen LogP contribution in [0.2, 0.25) is 0 Å². The molecule has 9 aromatic rings. The van der Waals surface area contributed by atoms with Crippen molar-refractivity contribution in [2.45, 2.75) is 0 Å². The van der Waals surface area contributed by atoms with Crippen molar-refractivity contribution < 1.29 is 9.15 Å². The quantitative estimate of drug-likeness (QED) is 0.177. The van der Waals surface area contributed by atoms with Crippen LogP contribution in [0.15, 0.2) is 180 Å². The van der Waals surface area contributed by atoms with E-state index in [1.54, 1.807) is 0 Å². The van der Waals surface area contributed by atoms with E-state index < -0.39 is 0 Å². The number of hydrogen-bond acceptors (Lipinski definition) is 4. The van der Waals surface area contributed by atoms with E-state index in [4.69, 9.17) is 9.15 Å². The standard InChI is InChI=1S/C46H29BN2O2/c1-4-13-31(14-5-1)48(32-15-6-2-7-16-32)34-24-26-35-30(27-34)23-25-36-37-28-44-39(29-43(37)51-46(35)36)47-38-19-10-11-20-40(38)49(33-17-8-3-9-18-33)41-21-12-22-42(50-44)45(41)47/h1-29H. The van der Waals surface area contributed by atoms with E-state index in [-0.39, 0.29) is 6.71 Å². The summed E-state index contributed by atoms with van der Waals surface area (Å²) >= 11 is 0. The van der Waals surface area contributed by atoms with Crippen LogP contribution in [0.4, 0.5) is 34.1 Å². The first-order valence-electron chi connectivity index (χ1n) is 17.4. The van der Waals surface area contributed by atoms with E-state index in [9.17, 15) is 0 Å². The van der Waals surface area contributed by atoms with E-state index in [0.717, 1.165) is 78.1 Å². The van der Waals surface area contributed by atoms with Gasteiger partial charge in [0.15, 0.2) is 0 Å². The average Bonchev–Trinajstić information content (AvgIpc) is 3.56. The summed E-state index contributed by atoms with van der Waals surface area (Å²) < 4.78 is 13.6. The van der Waals surface area contributed by atoms with Gasteiger partial charge in [0.05, 0.1) is 0 Å². The molecule has 0 spiro atoms. The van der Waals surface area contributed by atoms with Gasteiger partial charge in [0.25, 0.3) is 6.71 Å². The second-order valence-corrected chi connectivity index (χ2v) is 13.3. The summed E-state index contributed by atoms with van der Waals surface area (Å²) in [6.07, 6.45) is 0. The number of fused-ring (bicyclic) bond motifs is 9. The summed E-state index contributed by atoms with van der Waals surface area (Å²) in [6.45, 7) is 0.00924. The summed E-state index contributed by atoms with van der Waals surface area (Å²) in [6, 6.07) is 62.2. The topological polar surface area (TPSA) is 28.9 Å². The van der Waals surface area contributed by atoms with Crippen molar-refractivity contribution in [3.8, 4) is 11.5 Å². The normalized spacial score (nSPS) is 12.8. The van der Waals surface area contributed by atoms with Gasteiger partial charge in [-0.2, -0.15) is 0 Å². The Morgan fingerprint density at radius 1 is 0.471 bits per heavy atom. The maximum atomic E-state index is 6.83. The number of hydrogen-bond donors (Lipinski definition) is 0. The zero-order chi connectivity index (χ0) is 33.5.